The summed E-state index contributed by atoms with van der Waals surface area (Å²) in [6, 6.07) is 3.00. The van der Waals surface area contributed by atoms with Gasteiger partial charge in [-0.05, 0) is 46.1 Å². The molecule has 1 aromatic carbocycles. The van der Waals surface area contributed by atoms with E-state index in [0.717, 1.165) is 6.42 Å². The molecule has 21 heavy (non-hydrogen) atoms. The van der Waals surface area contributed by atoms with E-state index in [1.807, 2.05) is 6.92 Å². The molecule has 0 saturated carbocycles. The standard InChI is InChI=1S/C14H15BrN2O4/c1-3-4-21-12-9(15)5-8(7-11(12)20-2)6-10-13(18)17-14(19)16-10/h5-7H,3-4H2,1-2H3,(H2,16,17,18,19)/b10-6-. The maximum Gasteiger partial charge on any atom is 0.326 e. The topological polar surface area (TPSA) is 76.7 Å². The Morgan fingerprint density at radius 1 is 1.29 bits per heavy atom. The van der Waals surface area contributed by atoms with Crippen molar-refractivity contribution in [1.82, 2.24) is 10.6 Å². The molecule has 2 N–H and O–H groups in total. The summed E-state index contributed by atoms with van der Waals surface area (Å²) in [6.45, 7) is 2.59. The second-order valence-corrected chi connectivity index (χ2v) is 5.20. The Hall–Kier alpha value is -2.02. The summed E-state index contributed by atoms with van der Waals surface area (Å²) in [6.07, 6.45) is 2.45. The minimum atomic E-state index is -0.528. The van der Waals surface area contributed by atoms with Gasteiger partial charge < -0.3 is 14.8 Å². The third-order valence-corrected chi connectivity index (χ3v) is 3.32. The van der Waals surface area contributed by atoms with Crippen molar-refractivity contribution in [2.45, 2.75) is 13.3 Å². The minimum Gasteiger partial charge on any atom is -0.493 e. The summed E-state index contributed by atoms with van der Waals surface area (Å²) < 4.78 is 11.6. The Morgan fingerprint density at radius 3 is 2.62 bits per heavy atom. The molecule has 0 aliphatic carbocycles. The number of urea groups is 1. The van der Waals surface area contributed by atoms with Gasteiger partial charge in [0.1, 0.15) is 5.70 Å². The van der Waals surface area contributed by atoms with Gasteiger partial charge in [0.2, 0.25) is 0 Å². The monoisotopic (exact) mass is 354 g/mol. The third kappa shape index (κ3) is 3.55. The Morgan fingerprint density at radius 2 is 2.05 bits per heavy atom. The molecule has 0 spiro atoms. The molecular formula is C14H15BrN2O4. The average Bonchev–Trinajstić information content (AvgIpc) is 2.75. The quantitative estimate of drug-likeness (QED) is 0.628. The fraction of sp³-hybridized carbons (Fsp3) is 0.286. The minimum absolute atomic E-state index is 0.191. The number of rotatable bonds is 5. The van der Waals surface area contributed by atoms with Crippen LogP contribution in [0.1, 0.15) is 18.9 Å². The van der Waals surface area contributed by atoms with Crippen LogP contribution in [-0.2, 0) is 4.79 Å². The van der Waals surface area contributed by atoms with Crippen molar-refractivity contribution in [3.63, 3.8) is 0 Å². The Labute approximate surface area is 130 Å². The SMILES string of the molecule is CCCOc1c(Br)cc(/C=C2\NC(=O)NC2=O)cc1OC. The van der Waals surface area contributed by atoms with Crippen LogP contribution in [0, 0.1) is 0 Å². The van der Waals surface area contributed by atoms with Crippen molar-refractivity contribution in [2.24, 2.45) is 0 Å². The van der Waals surface area contributed by atoms with Crippen LogP contribution in [0.2, 0.25) is 0 Å². The summed E-state index contributed by atoms with van der Waals surface area (Å²) in [7, 11) is 1.54. The molecule has 0 atom stereocenters. The lowest BCUT2D eigenvalue weighted by molar-refractivity contribution is -0.115. The van der Waals surface area contributed by atoms with Crippen molar-refractivity contribution in [3.05, 3.63) is 27.9 Å². The first-order chi connectivity index (χ1) is 10.0. The van der Waals surface area contributed by atoms with E-state index in [2.05, 4.69) is 26.6 Å². The van der Waals surface area contributed by atoms with E-state index in [0.29, 0.717) is 28.1 Å². The van der Waals surface area contributed by atoms with E-state index in [1.54, 1.807) is 25.3 Å². The summed E-state index contributed by atoms with van der Waals surface area (Å²) in [5.41, 5.74) is 0.895. The van der Waals surface area contributed by atoms with Gasteiger partial charge in [0.25, 0.3) is 5.91 Å². The fourth-order valence-electron chi connectivity index (χ4n) is 1.82. The van der Waals surface area contributed by atoms with E-state index >= 15 is 0 Å². The first-order valence-corrected chi connectivity index (χ1v) is 7.18. The van der Waals surface area contributed by atoms with E-state index < -0.39 is 11.9 Å². The van der Waals surface area contributed by atoms with Gasteiger partial charge in [-0.2, -0.15) is 0 Å². The van der Waals surface area contributed by atoms with Crippen LogP contribution in [0.5, 0.6) is 11.5 Å². The van der Waals surface area contributed by atoms with Gasteiger partial charge in [-0.25, -0.2) is 4.79 Å². The number of amides is 3. The lowest BCUT2D eigenvalue weighted by atomic mass is 10.1. The molecule has 1 saturated heterocycles. The summed E-state index contributed by atoms with van der Waals surface area (Å²) in [5.74, 6) is 0.706. The number of ether oxygens (including phenoxy) is 2. The number of methoxy groups -OCH3 is 1. The smallest absolute Gasteiger partial charge is 0.326 e. The Kier molecular flexibility index (Phi) is 4.85. The second-order valence-electron chi connectivity index (χ2n) is 4.35. The summed E-state index contributed by atoms with van der Waals surface area (Å²) in [5, 5.41) is 4.58. The lowest BCUT2D eigenvalue weighted by Gasteiger charge is -2.13. The number of hydrogen-bond acceptors (Lipinski definition) is 4. The molecule has 1 heterocycles. The van der Waals surface area contributed by atoms with Crippen LogP contribution < -0.4 is 20.1 Å². The summed E-state index contributed by atoms with van der Waals surface area (Å²) >= 11 is 3.42. The highest BCUT2D eigenvalue weighted by Gasteiger charge is 2.23. The molecule has 3 amide bonds. The van der Waals surface area contributed by atoms with Crippen LogP contribution in [0.3, 0.4) is 0 Å². The van der Waals surface area contributed by atoms with Gasteiger partial charge in [-0.1, -0.05) is 6.92 Å². The van der Waals surface area contributed by atoms with E-state index in [9.17, 15) is 9.59 Å². The van der Waals surface area contributed by atoms with Crippen molar-refractivity contribution in [1.29, 1.82) is 0 Å². The van der Waals surface area contributed by atoms with Crippen LogP contribution in [0.25, 0.3) is 6.08 Å². The van der Waals surface area contributed by atoms with Crippen LogP contribution in [0.15, 0.2) is 22.3 Å². The predicted octanol–water partition coefficient (Wildman–Crippen LogP) is 2.43. The molecular weight excluding hydrogens is 340 g/mol. The lowest BCUT2D eigenvalue weighted by Crippen LogP contribution is -2.22. The number of carbonyl (C=O) groups is 2. The highest BCUT2D eigenvalue weighted by atomic mass is 79.9. The van der Waals surface area contributed by atoms with Gasteiger partial charge in [0, 0.05) is 0 Å². The van der Waals surface area contributed by atoms with Crippen molar-refractivity contribution in [3.8, 4) is 11.5 Å². The number of halogens is 1. The molecule has 7 heteroatoms. The van der Waals surface area contributed by atoms with Gasteiger partial charge in [0.15, 0.2) is 11.5 Å². The number of imide groups is 1. The molecule has 0 aromatic heterocycles. The second kappa shape index (κ2) is 6.62. The first kappa shape index (κ1) is 15.4. The Bertz CT molecular complexity index is 613. The van der Waals surface area contributed by atoms with Crippen molar-refractivity contribution >= 4 is 33.9 Å². The van der Waals surface area contributed by atoms with Crippen molar-refractivity contribution < 1.29 is 19.1 Å². The number of hydrogen-bond donors (Lipinski definition) is 2. The predicted molar refractivity (Wildman–Crippen MR) is 81.1 cm³/mol. The highest BCUT2D eigenvalue weighted by Crippen LogP contribution is 2.37. The maximum atomic E-state index is 11.5. The number of benzene rings is 1. The number of nitrogens with one attached hydrogen (secondary N) is 2. The Balaban J connectivity index is 2.34. The molecule has 1 aliphatic heterocycles. The average molecular weight is 355 g/mol. The molecule has 1 aromatic rings. The molecule has 112 valence electrons. The molecule has 6 nitrogen and oxygen atoms in total. The van der Waals surface area contributed by atoms with Crippen LogP contribution in [-0.4, -0.2) is 25.7 Å². The van der Waals surface area contributed by atoms with Crippen LogP contribution >= 0.6 is 15.9 Å². The molecule has 1 fully saturated rings. The highest BCUT2D eigenvalue weighted by molar-refractivity contribution is 9.10. The van der Waals surface area contributed by atoms with E-state index in [-0.39, 0.29) is 5.70 Å². The zero-order valence-corrected chi connectivity index (χ0v) is 13.2. The van der Waals surface area contributed by atoms with Gasteiger partial charge in [0.05, 0.1) is 18.2 Å². The zero-order chi connectivity index (χ0) is 15.4. The largest absolute Gasteiger partial charge is 0.493 e. The number of carbonyl (C=O) groups excluding carboxylic acids is 2. The summed E-state index contributed by atoms with van der Waals surface area (Å²) in [4.78, 5) is 22.6. The molecule has 0 radical (unpaired) electrons. The molecule has 0 unspecified atom stereocenters. The van der Waals surface area contributed by atoms with Crippen LogP contribution in [0.4, 0.5) is 4.79 Å². The molecule has 2 rings (SSSR count). The van der Waals surface area contributed by atoms with Crippen molar-refractivity contribution in [2.75, 3.05) is 13.7 Å². The molecule has 1 aliphatic rings. The fourth-order valence-corrected chi connectivity index (χ4v) is 2.39. The van der Waals surface area contributed by atoms with Gasteiger partial charge >= 0.3 is 6.03 Å². The maximum absolute atomic E-state index is 11.5. The first-order valence-electron chi connectivity index (χ1n) is 6.39. The third-order valence-electron chi connectivity index (χ3n) is 2.73. The van der Waals surface area contributed by atoms with E-state index in [4.69, 9.17) is 9.47 Å². The van der Waals surface area contributed by atoms with Gasteiger partial charge in [-0.3, -0.25) is 10.1 Å². The normalized spacial score (nSPS) is 15.9. The zero-order valence-electron chi connectivity index (χ0n) is 11.7. The van der Waals surface area contributed by atoms with E-state index in [1.165, 1.54) is 0 Å². The molecule has 0 bridgehead atoms. The van der Waals surface area contributed by atoms with Gasteiger partial charge in [-0.15, -0.1) is 0 Å².